The number of hydrogen-bond donors (Lipinski definition) is 1. The van der Waals surface area contributed by atoms with Crippen LogP contribution in [0.1, 0.15) is 17.0 Å². The van der Waals surface area contributed by atoms with E-state index < -0.39 is 10.0 Å². The smallest absolute Gasteiger partial charge is 0.238 e. The molecule has 0 atom stereocenters. The van der Waals surface area contributed by atoms with Gasteiger partial charge in [0, 0.05) is 17.5 Å². The molecule has 0 saturated carbocycles. The minimum Gasteiger partial charge on any atom is -0.440 e. The lowest BCUT2D eigenvalue weighted by molar-refractivity contribution is 0.519. The predicted octanol–water partition coefficient (Wildman–Crippen LogP) is 5.21. The molecule has 152 valence electrons. The molecular formula is C23H19ClN2O3S. The second-order valence-electron chi connectivity index (χ2n) is 7.00. The molecule has 3 aromatic carbocycles. The van der Waals surface area contributed by atoms with Crippen LogP contribution >= 0.6 is 11.6 Å². The van der Waals surface area contributed by atoms with E-state index in [1.165, 1.54) is 12.1 Å². The molecule has 0 spiro atoms. The Bertz CT molecular complexity index is 1300. The number of aromatic nitrogens is 1. The van der Waals surface area contributed by atoms with Gasteiger partial charge in [-0.05, 0) is 42.3 Å². The minimum absolute atomic E-state index is 0.0363. The monoisotopic (exact) mass is 438 g/mol. The van der Waals surface area contributed by atoms with Crippen LogP contribution in [0.3, 0.4) is 0 Å². The highest BCUT2D eigenvalue weighted by Crippen LogP contribution is 2.37. The Morgan fingerprint density at radius 2 is 1.70 bits per heavy atom. The third-order valence-electron chi connectivity index (χ3n) is 4.70. The fourth-order valence-corrected chi connectivity index (χ4v) is 4.03. The van der Waals surface area contributed by atoms with Gasteiger partial charge < -0.3 is 4.42 Å². The average Bonchev–Trinajstić information content (AvgIpc) is 3.11. The topological polar surface area (TPSA) is 86.2 Å². The predicted molar refractivity (Wildman–Crippen MR) is 118 cm³/mol. The summed E-state index contributed by atoms with van der Waals surface area (Å²) in [5, 5.41) is 5.77. The molecule has 4 rings (SSSR count). The number of halogens is 1. The number of hydrogen-bond acceptors (Lipinski definition) is 4. The van der Waals surface area contributed by atoms with Crippen molar-refractivity contribution in [1.29, 1.82) is 0 Å². The zero-order valence-corrected chi connectivity index (χ0v) is 17.7. The molecular weight excluding hydrogens is 420 g/mol. The second-order valence-corrected chi connectivity index (χ2v) is 8.97. The first-order chi connectivity index (χ1) is 14.3. The van der Waals surface area contributed by atoms with Crippen LogP contribution in [0.25, 0.3) is 22.6 Å². The number of sulfonamides is 1. The number of primary sulfonamides is 1. The van der Waals surface area contributed by atoms with Gasteiger partial charge in [-0.2, -0.15) is 0 Å². The van der Waals surface area contributed by atoms with Crippen LogP contribution in [0, 0.1) is 6.92 Å². The van der Waals surface area contributed by atoms with Crippen LogP contribution < -0.4 is 5.14 Å². The quantitative estimate of drug-likeness (QED) is 0.463. The maximum atomic E-state index is 11.6. The van der Waals surface area contributed by atoms with E-state index in [9.17, 15) is 8.42 Å². The lowest BCUT2D eigenvalue weighted by atomic mass is 10.0. The molecule has 0 aliphatic rings. The first-order valence-corrected chi connectivity index (χ1v) is 11.2. The summed E-state index contributed by atoms with van der Waals surface area (Å²) in [5.41, 5.74) is 4.12. The maximum Gasteiger partial charge on any atom is 0.238 e. The van der Waals surface area contributed by atoms with Crippen LogP contribution in [0.5, 0.6) is 0 Å². The van der Waals surface area contributed by atoms with Crippen molar-refractivity contribution in [3.05, 3.63) is 94.8 Å². The average molecular weight is 439 g/mol. The Kier molecular flexibility index (Phi) is 5.47. The summed E-state index contributed by atoms with van der Waals surface area (Å²) in [5.74, 6) is 1.08. The summed E-state index contributed by atoms with van der Waals surface area (Å²) in [6, 6.07) is 21.8. The number of nitrogens with two attached hydrogens (primary N) is 1. The Balaban J connectivity index is 1.83. The van der Waals surface area contributed by atoms with Crippen molar-refractivity contribution in [3.63, 3.8) is 0 Å². The van der Waals surface area contributed by atoms with Crippen LogP contribution in [0.4, 0.5) is 0 Å². The van der Waals surface area contributed by atoms with Gasteiger partial charge in [0.15, 0.2) is 11.7 Å². The van der Waals surface area contributed by atoms with Crippen molar-refractivity contribution < 1.29 is 12.8 Å². The Labute approximate surface area is 180 Å². The van der Waals surface area contributed by atoms with Gasteiger partial charge in [0.2, 0.25) is 10.0 Å². The molecule has 30 heavy (non-hydrogen) atoms. The standard InChI is InChI=1S/C23H19ClN2O3S/c1-15-7-12-19(20(24)13-15)23-22(17-8-10-18(11-9-17)30(25,27)28)26-21(29-23)14-16-5-3-2-4-6-16/h2-13H,14H2,1H3,(H2,25,27,28). The fourth-order valence-electron chi connectivity index (χ4n) is 3.20. The van der Waals surface area contributed by atoms with Gasteiger partial charge in [-0.3, -0.25) is 0 Å². The number of benzene rings is 3. The van der Waals surface area contributed by atoms with E-state index in [0.29, 0.717) is 34.4 Å². The van der Waals surface area contributed by atoms with Crippen LogP contribution in [0.2, 0.25) is 5.02 Å². The molecule has 0 radical (unpaired) electrons. The molecule has 0 aliphatic carbocycles. The molecule has 0 fully saturated rings. The van der Waals surface area contributed by atoms with Gasteiger partial charge >= 0.3 is 0 Å². The number of oxazole rings is 1. The SMILES string of the molecule is Cc1ccc(-c2oc(Cc3ccccc3)nc2-c2ccc(S(N)(=O)=O)cc2)c(Cl)c1. The zero-order valence-electron chi connectivity index (χ0n) is 16.2. The van der Waals surface area contributed by atoms with E-state index in [4.69, 9.17) is 26.1 Å². The summed E-state index contributed by atoms with van der Waals surface area (Å²) >= 11 is 6.49. The van der Waals surface area contributed by atoms with Gasteiger partial charge in [-0.25, -0.2) is 18.5 Å². The van der Waals surface area contributed by atoms with Gasteiger partial charge in [0.1, 0.15) is 5.69 Å². The first kappa shape index (κ1) is 20.3. The Morgan fingerprint density at radius 3 is 2.33 bits per heavy atom. The maximum absolute atomic E-state index is 11.6. The molecule has 7 heteroatoms. The normalized spacial score (nSPS) is 11.6. The first-order valence-electron chi connectivity index (χ1n) is 9.24. The molecule has 1 heterocycles. The van der Waals surface area contributed by atoms with E-state index in [1.807, 2.05) is 55.5 Å². The molecule has 1 aromatic heterocycles. The van der Waals surface area contributed by atoms with Crippen LogP contribution in [-0.2, 0) is 16.4 Å². The van der Waals surface area contributed by atoms with E-state index >= 15 is 0 Å². The Morgan fingerprint density at radius 1 is 1.00 bits per heavy atom. The summed E-state index contributed by atoms with van der Waals surface area (Å²) in [6.45, 7) is 1.96. The van der Waals surface area contributed by atoms with E-state index in [1.54, 1.807) is 12.1 Å². The van der Waals surface area contributed by atoms with Crippen molar-refractivity contribution in [2.75, 3.05) is 0 Å². The molecule has 0 unspecified atom stereocenters. The summed E-state index contributed by atoms with van der Waals surface area (Å²) in [6.07, 6.45) is 0.520. The van der Waals surface area contributed by atoms with Crippen LogP contribution in [0.15, 0.2) is 82.1 Å². The molecule has 4 aromatic rings. The molecule has 0 aliphatic heterocycles. The summed E-state index contributed by atoms with van der Waals surface area (Å²) < 4.78 is 29.3. The molecule has 2 N–H and O–H groups in total. The highest BCUT2D eigenvalue weighted by atomic mass is 35.5. The lowest BCUT2D eigenvalue weighted by Gasteiger charge is -2.05. The largest absolute Gasteiger partial charge is 0.440 e. The minimum atomic E-state index is -3.78. The van der Waals surface area contributed by atoms with Crippen molar-refractivity contribution >= 4 is 21.6 Å². The van der Waals surface area contributed by atoms with Crippen molar-refractivity contribution in [1.82, 2.24) is 4.98 Å². The van der Waals surface area contributed by atoms with E-state index in [-0.39, 0.29) is 4.90 Å². The second kappa shape index (κ2) is 8.07. The van der Waals surface area contributed by atoms with Gasteiger partial charge in [-0.1, -0.05) is 60.1 Å². The lowest BCUT2D eigenvalue weighted by Crippen LogP contribution is -2.11. The van der Waals surface area contributed by atoms with E-state index in [2.05, 4.69) is 0 Å². The Hall–Kier alpha value is -2.93. The molecule has 0 saturated heterocycles. The van der Waals surface area contributed by atoms with Crippen molar-refractivity contribution in [3.8, 4) is 22.6 Å². The van der Waals surface area contributed by atoms with Crippen LogP contribution in [-0.4, -0.2) is 13.4 Å². The molecule has 0 bridgehead atoms. The molecule has 5 nitrogen and oxygen atoms in total. The number of rotatable bonds is 5. The number of nitrogens with zero attached hydrogens (tertiary/aromatic N) is 1. The zero-order chi connectivity index (χ0) is 21.3. The highest BCUT2D eigenvalue weighted by molar-refractivity contribution is 7.89. The third kappa shape index (κ3) is 4.31. The summed E-state index contributed by atoms with van der Waals surface area (Å²) in [7, 11) is -3.78. The molecule has 0 amide bonds. The number of aryl methyl sites for hydroxylation is 1. The fraction of sp³-hybridized carbons (Fsp3) is 0.0870. The van der Waals surface area contributed by atoms with Gasteiger partial charge in [0.25, 0.3) is 0 Å². The highest BCUT2D eigenvalue weighted by Gasteiger charge is 2.20. The van der Waals surface area contributed by atoms with Crippen molar-refractivity contribution in [2.45, 2.75) is 18.2 Å². The summed E-state index contributed by atoms with van der Waals surface area (Å²) in [4.78, 5) is 4.74. The van der Waals surface area contributed by atoms with E-state index in [0.717, 1.165) is 16.7 Å². The van der Waals surface area contributed by atoms with Gasteiger partial charge in [-0.15, -0.1) is 0 Å². The van der Waals surface area contributed by atoms with Crippen molar-refractivity contribution in [2.24, 2.45) is 5.14 Å². The third-order valence-corrected chi connectivity index (χ3v) is 5.94. The van der Waals surface area contributed by atoms with Gasteiger partial charge in [0.05, 0.1) is 9.92 Å².